The van der Waals surface area contributed by atoms with Gasteiger partial charge in [0, 0.05) is 19.3 Å². The molecule has 0 aromatic heterocycles. The van der Waals surface area contributed by atoms with E-state index in [1.807, 2.05) is 6.26 Å². The van der Waals surface area contributed by atoms with E-state index in [1.165, 1.54) is 43.0 Å². The van der Waals surface area contributed by atoms with Crippen LogP contribution in [-0.4, -0.2) is 148 Å². The summed E-state index contributed by atoms with van der Waals surface area (Å²) in [6.45, 7) is 6.66. The molecule has 72 heavy (non-hydrogen) atoms. The number of amides is 9. The van der Waals surface area contributed by atoms with E-state index in [0.29, 0.717) is 23.3 Å². The van der Waals surface area contributed by atoms with E-state index in [9.17, 15) is 63.3 Å². The van der Waals surface area contributed by atoms with Crippen molar-refractivity contribution in [3.8, 4) is 5.75 Å². The zero-order valence-corrected chi connectivity index (χ0v) is 42.3. The number of phenols is 1. The van der Waals surface area contributed by atoms with Gasteiger partial charge >= 0.3 is 5.97 Å². The predicted octanol–water partition coefficient (Wildman–Crippen LogP) is -1.78. The van der Waals surface area contributed by atoms with Crippen LogP contribution in [0.3, 0.4) is 0 Å². The van der Waals surface area contributed by atoms with Crippen molar-refractivity contribution in [3.05, 3.63) is 65.7 Å². The fourth-order valence-corrected chi connectivity index (χ4v) is 7.45. The molecule has 0 heterocycles. The molecule has 2 aromatic rings. The summed E-state index contributed by atoms with van der Waals surface area (Å²) in [7, 11) is 0. The molecule has 0 bridgehead atoms. The highest BCUT2D eigenvalue weighted by Crippen LogP contribution is 2.14. The highest BCUT2D eigenvalue weighted by Gasteiger charge is 2.34. The van der Waals surface area contributed by atoms with Gasteiger partial charge in [-0.3, -0.25) is 43.2 Å². The van der Waals surface area contributed by atoms with Crippen molar-refractivity contribution in [1.29, 1.82) is 0 Å². The number of nitrogens with one attached hydrogen (secondary N) is 8. The average molecular weight is 1030 g/mol. The summed E-state index contributed by atoms with van der Waals surface area (Å²) in [6, 6.07) is 3.76. The van der Waals surface area contributed by atoms with E-state index in [1.54, 1.807) is 58.0 Å². The average Bonchev–Trinajstić information content (AvgIpc) is 3.32. The van der Waals surface area contributed by atoms with Gasteiger partial charge in [0.2, 0.25) is 53.2 Å². The molecule has 15 N–H and O–H groups in total. The SMILES string of the molecule is CSCC[C@H](N)C(=O)N[C@@H](Cc1ccccc1)C(=O)N[C@@H](CCC(N)=O)C(=O)N[C@@H](C)C(=O)N[C@@H](CO)C(=O)N[C@@H](CC(C)C)C(=O)N[C@@H](Cc1ccc(O)cc1)C(=O)NCC(=O)N[C@@H](CC(C)C)C(=O)O. The van der Waals surface area contributed by atoms with Crippen molar-refractivity contribution < 1.29 is 63.3 Å². The highest BCUT2D eigenvalue weighted by molar-refractivity contribution is 7.98. The number of primary amides is 1. The fourth-order valence-electron chi connectivity index (χ4n) is 6.97. The minimum absolute atomic E-state index is 0.00235. The maximum atomic E-state index is 13.9. The first-order valence-corrected chi connectivity index (χ1v) is 24.9. The van der Waals surface area contributed by atoms with Gasteiger partial charge in [-0.25, -0.2) is 4.79 Å². The van der Waals surface area contributed by atoms with Gasteiger partial charge in [-0.1, -0.05) is 70.2 Å². The Hall–Kier alpha value is -6.79. The molecule has 0 saturated heterocycles. The number of hydrogen-bond donors (Lipinski definition) is 13. The number of thioether (sulfide) groups is 1. The number of carboxylic acids is 1. The molecule has 0 fully saturated rings. The number of rotatable bonds is 32. The van der Waals surface area contributed by atoms with E-state index >= 15 is 0 Å². The Morgan fingerprint density at radius 2 is 1.06 bits per heavy atom. The van der Waals surface area contributed by atoms with Crippen molar-refractivity contribution in [1.82, 2.24) is 42.5 Å². The molecule has 0 saturated carbocycles. The van der Waals surface area contributed by atoms with Gasteiger partial charge in [-0.2, -0.15) is 11.8 Å². The van der Waals surface area contributed by atoms with Crippen LogP contribution in [0.1, 0.15) is 77.8 Å². The maximum absolute atomic E-state index is 13.9. The number of benzene rings is 2. The summed E-state index contributed by atoms with van der Waals surface area (Å²) in [6.07, 6.45) is 1.49. The van der Waals surface area contributed by atoms with Crippen LogP contribution in [0.4, 0.5) is 0 Å². The number of phenolic OH excluding ortho intramolecular Hbond substituents is 1. The molecule has 8 atom stereocenters. The Balaban J connectivity index is 2.24. The van der Waals surface area contributed by atoms with Crippen LogP contribution in [0.5, 0.6) is 5.75 Å². The monoisotopic (exact) mass is 1030 g/mol. The third kappa shape index (κ3) is 23.0. The molecular weight excluding hydrogens is 957 g/mol. The molecule has 0 spiro atoms. The van der Waals surface area contributed by atoms with Crippen molar-refractivity contribution in [2.45, 2.75) is 128 Å². The Morgan fingerprint density at radius 3 is 1.61 bits per heavy atom. The quantitative estimate of drug-likeness (QED) is 0.0386. The van der Waals surface area contributed by atoms with Crippen LogP contribution in [0.25, 0.3) is 0 Å². The molecule has 9 amide bonds. The van der Waals surface area contributed by atoms with Crippen molar-refractivity contribution in [2.75, 3.05) is 25.2 Å². The molecular formula is C48H72N10O13S. The number of carboxylic acid groups (broad SMARTS) is 1. The van der Waals surface area contributed by atoms with Crippen molar-refractivity contribution in [2.24, 2.45) is 23.3 Å². The number of aromatic hydroxyl groups is 1. The van der Waals surface area contributed by atoms with Crippen LogP contribution >= 0.6 is 11.8 Å². The Labute approximate surface area is 423 Å². The molecule has 0 radical (unpaired) electrons. The summed E-state index contributed by atoms with van der Waals surface area (Å²) < 4.78 is 0. The normalized spacial score (nSPS) is 14.4. The van der Waals surface area contributed by atoms with Crippen LogP contribution in [0.15, 0.2) is 54.6 Å². The third-order valence-electron chi connectivity index (χ3n) is 10.9. The topological polar surface area (TPSA) is 380 Å². The van der Waals surface area contributed by atoms with E-state index < -0.39 is 121 Å². The fraction of sp³-hybridized carbons (Fsp3) is 0.542. The number of aliphatic carboxylic acids is 1. The summed E-state index contributed by atoms with van der Waals surface area (Å²) in [5, 5.41) is 49.3. The Bertz CT molecular complexity index is 2150. The highest BCUT2D eigenvalue weighted by atomic mass is 32.2. The minimum Gasteiger partial charge on any atom is -0.508 e. The second-order valence-electron chi connectivity index (χ2n) is 18.1. The lowest BCUT2D eigenvalue weighted by molar-refractivity contribution is -0.142. The predicted molar refractivity (Wildman–Crippen MR) is 267 cm³/mol. The Morgan fingerprint density at radius 1 is 0.569 bits per heavy atom. The summed E-state index contributed by atoms with van der Waals surface area (Å²) in [5.74, 6) is -8.70. The number of carbonyl (C=O) groups excluding carboxylic acids is 9. The first-order chi connectivity index (χ1) is 33.9. The number of aliphatic hydroxyl groups excluding tert-OH is 1. The van der Waals surface area contributed by atoms with Crippen molar-refractivity contribution in [3.63, 3.8) is 0 Å². The molecule has 0 aliphatic heterocycles. The summed E-state index contributed by atoms with van der Waals surface area (Å²) in [5.41, 5.74) is 12.6. The van der Waals surface area contributed by atoms with Crippen molar-refractivity contribution >= 4 is 70.9 Å². The second-order valence-corrected chi connectivity index (χ2v) is 19.1. The minimum atomic E-state index is -1.69. The maximum Gasteiger partial charge on any atom is 0.326 e. The number of aliphatic hydroxyl groups is 1. The molecule has 398 valence electrons. The zero-order chi connectivity index (χ0) is 54.1. The third-order valence-corrected chi connectivity index (χ3v) is 11.5. The van der Waals surface area contributed by atoms with E-state index in [4.69, 9.17) is 11.5 Å². The summed E-state index contributed by atoms with van der Waals surface area (Å²) >= 11 is 1.49. The Kier molecular flexibility index (Phi) is 26.9. The van der Waals surface area contributed by atoms with Gasteiger partial charge in [0.05, 0.1) is 19.2 Å². The lowest BCUT2D eigenvalue weighted by atomic mass is 10.0. The van der Waals surface area contributed by atoms with Gasteiger partial charge in [0.1, 0.15) is 48.0 Å². The number of nitrogens with two attached hydrogens (primary N) is 2. The molecule has 0 aliphatic carbocycles. The van der Waals surface area contributed by atoms with E-state index in [0.717, 1.165) is 0 Å². The van der Waals surface area contributed by atoms with Gasteiger partial charge in [-0.15, -0.1) is 0 Å². The lowest BCUT2D eigenvalue weighted by Gasteiger charge is -2.27. The smallest absolute Gasteiger partial charge is 0.326 e. The molecule has 24 heteroatoms. The van der Waals surface area contributed by atoms with Gasteiger partial charge in [-0.05, 0) is 79.7 Å². The van der Waals surface area contributed by atoms with Crippen LogP contribution in [0.2, 0.25) is 0 Å². The van der Waals surface area contributed by atoms with Gasteiger partial charge in [0.25, 0.3) is 0 Å². The van der Waals surface area contributed by atoms with Crippen LogP contribution in [0, 0.1) is 11.8 Å². The summed E-state index contributed by atoms with van der Waals surface area (Å²) in [4.78, 5) is 131. The van der Waals surface area contributed by atoms with Gasteiger partial charge < -0.3 is 69.3 Å². The zero-order valence-electron chi connectivity index (χ0n) is 41.5. The molecule has 2 rings (SSSR count). The molecule has 0 unspecified atom stereocenters. The van der Waals surface area contributed by atoms with E-state index in [-0.39, 0.29) is 56.1 Å². The standard InChI is InChI=1S/C48H72N10O13S/c1-26(2)20-34(45(67)57-35(23-30-12-14-31(60)15-13-30)43(65)51-24-40(62)53-37(48(70)71)21-27(3)4)56-47(69)38(25-59)58-41(63)28(5)52-44(66)33(16-17-39(50)61)54-46(68)36(22-29-10-8-7-9-11-29)55-42(64)32(49)18-19-72-6/h7-15,26-28,32-38,59-60H,16-25,49H2,1-6H3,(H2,50,61)(H,51,65)(H,52,66)(H,53,62)(H,54,68)(H,55,64)(H,56,69)(H,57,67)(H,58,63)(H,70,71)/t28-,32-,33-,34-,35-,36-,37-,38-/m0/s1. The van der Waals surface area contributed by atoms with Crippen LogP contribution in [-0.2, 0) is 60.8 Å². The first-order valence-electron chi connectivity index (χ1n) is 23.5. The van der Waals surface area contributed by atoms with Crippen LogP contribution < -0.4 is 54.0 Å². The number of carbonyl (C=O) groups is 10. The molecule has 2 aromatic carbocycles. The van der Waals surface area contributed by atoms with Gasteiger partial charge in [0.15, 0.2) is 0 Å². The van der Waals surface area contributed by atoms with E-state index in [2.05, 4.69) is 42.5 Å². The second kappa shape index (κ2) is 31.5. The molecule has 23 nitrogen and oxygen atoms in total. The number of hydrogen-bond acceptors (Lipinski definition) is 14. The lowest BCUT2D eigenvalue weighted by Crippen LogP contribution is -2.60. The molecule has 0 aliphatic rings. The largest absolute Gasteiger partial charge is 0.508 e. The first kappa shape index (κ1) is 61.3.